The van der Waals surface area contributed by atoms with Crippen molar-refractivity contribution in [3.8, 4) is 0 Å². The summed E-state index contributed by atoms with van der Waals surface area (Å²) in [5.74, 6) is -4.20. The molecule has 0 aromatic rings. The molecule has 0 radical (unpaired) electrons. The van der Waals surface area contributed by atoms with Crippen molar-refractivity contribution in [3.05, 3.63) is 0 Å². The molecule has 0 aliphatic carbocycles. The number of nitrogens with two attached hydrogens (primary N) is 2. The SMILES string of the molecule is NC(=O)C(=O)C(N)C(=O)O. The smallest absolute Gasteiger partial charge is 0.328 e. The van der Waals surface area contributed by atoms with Gasteiger partial charge in [-0.25, -0.2) is 0 Å². The molecule has 56 valence electrons. The number of Topliss-reactive ketones (excluding diaryl/α,β-unsaturated/α-hetero) is 1. The maximum Gasteiger partial charge on any atom is 0.328 e. The van der Waals surface area contributed by atoms with Crippen molar-refractivity contribution in [1.82, 2.24) is 0 Å². The predicted octanol–water partition coefficient (Wildman–Crippen LogP) is -2.55. The van der Waals surface area contributed by atoms with Gasteiger partial charge in [0.25, 0.3) is 5.91 Å². The van der Waals surface area contributed by atoms with Crippen LogP contribution in [0.25, 0.3) is 0 Å². The third-order valence-electron chi connectivity index (χ3n) is 0.791. The fraction of sp³-hybridized carbons (Fsp3) is 0.250. The number of aliphatic carboxylic acids is 1. The summed E-state index contributed by atoms with van der Waals surface area (Å²) < 4.78 is 0. The normalized spacial score (nSPS) is 12.1. The van der Waals surface area contributed by atoms with Crippen LogP contribution in [-0.2, 0) is 14.4 Å². The molecule has 6 heteroatoms. The Balaban J connectivity index is 4.22. The Hall–Kier alpha value is -1.43. The van der Waals surface area contributed by atoms with Crippen LogP contribution >= 0.6 is 0 Å². The monoisotopic (exact) mass is 146 g/mol. The fourth-order valence-corrected chi connectivity index (χ4v) is 0.265. The van der Waals surface area contributed by atoms with Crippen molar-refractivity contribution in [3.63, 3.8) is 0 Å². The Morgan fingerprint density at radius 2 is 1.70 bits per heavy atom. The molecule has 0 spiro atoms. The molecule has 0 saturated heterocycles. The van der Waals surface area contributed by atoms with Crippen molar-refractivity contribution >= 4 is 17.7 Å². The van der Waals surface area contributed by atoms with Gasteiger partial charge in [0, 0.05) is 0 Å². The number of primary amides is 1. The maximum atomic E-state index is 10.3. The van der Waals surface area contributed by atoms with Crippen LogP contribution in [0.4, 0.5) is 0 Å². The molecule has 1 unspecified atom stereocenters. The Morgan fingerprint density at radius 1 is 1.30 bits per heavy atom. The van der Waals surface area contributed by atoms with Crippen molar-refractivity contribution < 1.29 is 19.5 Å². The molecule has 0 saturated carbocycles. The zero-order valence-corrected chi connectivity index (χ0v) is 4.90. The summed E-state index contributed by atoms with van der Waals surface area (Å²) >= 11 is 0. The van der Waals surface area contributed by atoms with Gasteiger partial charge in [0.1, 0.15) is 0 Å². The number of hydrogen-bond donors (Lipinski definition) is 3. The van der Waals surface area contributed by atoms with Crippen LogP contribution in [0.2, 0.25) is 0 Å². The number of carbonyl (C=O) groups is 3. The summed E-state index contributed by atoms with van der Waals surface area (Å²) in [7, 11) is 0. The highest BCUT2D eigenvalue weighted by Crippen LogP contribution is 1.80. The molecule has 5 N–H and O–H groups in total. The van der Waals surface area contributed by atoms with Gasteiger partial charge in [-0.2, -0.15) is 0 Å². The Morgan fingerprint density at radius 3 is 1.80 bits per heavy atom. The van der Waals surface area contributed by atoms with Gasteiger partial charge in [-0.05, 0) is 0 Å². The molecular formula is C4H6N2O4. The van der Waals surface area contributed by atoms with Gasteiger partial charge in [-0.3, -0.25) is 14.4 Å². The summed E-state index contributed by atoms with van der Waals surface area (Å²) in [6, 6.07) is -1.84. The second-order valence-electron chi connectivity index (χ2n) is 1.54. The van der Waals surface area contributed by atoms with E-state index in [-0.39, 0.29) is 0 Å². The summed E-state index contributed by atoms with van der Waals surface area (Å²) in [4.78, 5) is 30.2. The Kier molecular flexibility index (Phi) is 2.51. The van der Waals surface area contributed by atoms with E-state index < -0.39 is 23.7 Å². The first kappa shape index (κ1) is 8.57. The highest BCUT2D eigenvalue weighted by Gasteiger charge is 2.25. The zero-order chi connectivity index (χ0) is 8.31. The lowest BCUT2D eigenvalue weighted by atomic mass is 10.2. The predicted molar refractivity (Wildman–Crippen MR) is 29.8 cm³/mol. The van der Waals surface area contributed by atoms with E-state index in [1.165, 1.54) is 0 Å². The van der Waals surface area contributed by atoms with E-state index in [0.717, 1.165) is 0 Å². The number of hydrogen-bond acceptors (Lipinski definition) is 4. The highest BCUT2D eigenvalue weighted by molar-refractivity contribution is 6.41. The highest BCUT2D eigenvalue weighted by atomic mass is 16.4. The third kappa shape index (κ3) is 1.82. The van der Waals surface area contributed by atoms with Crippen LogP contribution in [0.1, 0.15) is 0 Å². The number of amides is 1. The summed E-state index contributed by atoms with van der Waals surface area (Å²) in [5, 5.41) is 8.05. The van der Waals surface area contributed by atoms with Crippen LogP contribution < -0.4 is 11.5 Å². The Labute approximate surface area is 55.8 Å². The molecule has 10 heavy (non-hydrogen) atoms. The number of carbonyl (C=O) groups excluding carboxylic acids is 2. The molecule has 6 nitrogen and oxygen atoms in total. The lowest BCUT2D eigenvalue weighted by molar-refractivity contribution is -0.146. The minimum Gasteiger partial charge on any atom is -0.480 e. The second-order valence-corrected chi connectivity index (χ2v) is 1.54. The van der Waals surface area contributed by atoms with Crippen LogP contribution in [-0.4, -0.2) is 28.8 Å². The molecular weight excluding hydrogens is 140 g/mol. The molecule has 0 rings (SSSR count). The molecule has 0 aliphatic rings. The van der Waals surface area contributed by atoms with Gasteiger partial charge in [-0.15, -0.1) is 0 Å². The average molecular weight is 146 g/mol. The number of carboxylic acid groups (broad SMARTS) is 1. The Bertz CT molecular complexity index is 188. The van der Waals surface area contributed by atoms with Gasteiger partial charge < -0.3 is 16.6 Å². The van der Waals surface area contributed by atoms with Crippen LogP contribution in [0, 0.1) is 0 Å². The van der Waals surface area contributed by atoms with Crippen LogP contribution in [0.15, 0.2) is 0 Å². The van der Waals surface area contributed by atoms with E-state index in [1.54, 1.807) is 0 Å². The van der Waals surface area contributed by atoms with Gasteiger partial charge in [-0.1, -0.05) is 0 Å². The minimum atomic E-state index is -1.84. The maximum absolute atomic E-state index is 10.3. The standard InChI is InChI=1S/C4H6N2O4/c5-1(4(9)10)2(7)3(6)8/h1H,5H2,(H2,6,8)(H,9,10). The van der Waals surface area contributed by atoms with Crippen molar-refractivity contribution in [1.29, 1.82) is 0 Å². The first-order valence-electron chi connectivity index (χ1n) is 2.29. The first-order chi connectivity index (χ1) is 4.46. The molecule has 0 aromatic carbocycles. The van der Waals surface area contributed by atoms with Crippen molar-refractivity contribution in [2.75, 3.05) is 0 Å². The quantitative estimate of drug-likeness (QED) is 0.298. The minimum absolute atomic E-state index is 1.30. The van der Waals surface area contributed by atoms with Gasteiger partial charge in [0.2, 0.25) is 5.78 Å². The largest absolute Gasteiger partial charge is 0.480 e. The summed E-state index contributed by atoms with van der Waals surface area (Å²) in [6.07, 6.45) is 0. The molecule has 1 atom stereocenters. The van der Waals surface area contributed by atoms with E-state index >= 15 is 0 Å². The summed E-state index contributed by atoms with van der Waals surface area (Å²) in [5.41, 5.74) is 9.15. The van der Waals surface area contributed by atoms with Gasteiger partial charge in [0.05, 0.1) is 0 Å². The third-order valence-corrected chi connectivity index (χ3v) is 0.791. The lowest BCUT2D eigenvalue weighted by Crippen LogP contribution is -2.45. The molecule has 0 heterocycles. The number of carboxylic acids is 1. The second kappa shape index (κ2) is 2.92. The topological polar surface area (TPSA) is 123 Å². The lowest BCUT2D eigenvalue weighted by Gasteiger charge is -1.99. The molecule has 0 aromatic heterocycles. The van der Waals surface area contributed by atoms with E-state index in [0.29, 0.717) is 0 Å². The molecule has 0 bridgehead atoms. The molecule has 0 aliphatic heterocycles. The average Bonchev–Trinajstić information content (AvgIpc) is 1.84. The molecule has 0 fully saturated rings. The van der Waals surface area contributed by atoms with E-state index in [9.17, 15) is 14.4 Å². The van der Waals surface area contributed by atoms with Gasteiger partial charge in [0.15, 0.2) is 6.04 Å². The van der Waals surface area contributed by atoms with Gasteiger partial charge >= 0.3 is 5.97 Å². The number of rotatable bonds is 3. The fourth-order valence-electron chi connectivity index (χ4n) is 0.265. The van der Waals surface area contributed by atoms with Crippen molar-refractivity contribution in [2.45, 2.75) is 6.04 Å². The van der Waals surface area contributed by atoms with E-state index in [1.807, 2.05) is 0 Å². The zero-order valence-electron chi connectivity index (χ0n) is 4.90. The van der Waals surface area contributed by atoms with Crippen molar-refractivity contribution in [2.24, 2.45) is 11.5 Å². The van der Waals surface area contributed by atoms with E-state index in [2.05, 4.69) is 5.73 Å². The van der Waals surface area contributed by atoms with Crippen LogP contribution in [0.5, 0.6) is 0 Å². The first-order valence-corrected chi connectivity index (χ1v) is 2.29. The summed E-state index contributed by atoms with van der Waals surface area (Å²) in [6.45, 7) is 0. The van der Waals surface area contributed by atoms with E-state index in [4.69, 9.17) is 10.8 Å². The number of ketones is 1. The molecule has 1 amide bonds. The van der Waals surface area contributed by atoms with Crippen LogP contribution in [0.3, 0.4) is 0 Å².